The van der Waals surface area contributed by atoms with Gasteiger partial charge >= 0.3 is 0 Å². The summed E-state index contributed by atoms with van der Waals surface area (Å²) in [6.07, 6.45) is 5.49. The molecule has 6 heteroatoms. The van der Waals surface area contributed by atoms with E-state index in [9.17, 15) is 4.79 Å². The van der Waals surface area contributed by atoms with E-state index in [1.165, 1.54) is 30.4 Å². The van der Waals surface area contributed by atoms with Gasteiger partial charge in [-0.3, -0.25) is 15.1 Å². The van der Waals surface area contributed by atoms with Gasteiger partial charge in [0.1, 0.15) is 0 Å². The molecule has 0 aliphatic heterocycles. The van der Waals surface area contributed by atoms with Crippen molar-refractivity contribution in [1.82, 2.24) is 15.2 Å². The van der Waals surface area contributed by atoms with Crippen LogP contribution < -0.4 is 5.32 Å². The Morgan fingerprint density at radius 2 is 2.23 bits per heavy atom. The summed E-state index contributed by atoms with van der Waals surface area (Å²) in [5.74, 6) is 6.34. The van der Waals surface area contributed by atoms with Crippen LogP contribution in [-0.2, 0) is 0 Å². The van der Waals surface area contributed by atoms with Crippen LogP contribution in [0.4, 0.5) is 5.13 Å². The molecule has 0 atom stereocenters. The molecule has 0 aromatic carbocycles. The lowest BCUT2D eigenvalue weighted by Crippen LogP contribution is -2.14. The third-order valence-electron chi connectivity index (χ3n) is 3.13. The molecule has 1 aliphatic rings. The fourth-order valence-corrected chi connectivity index (χ4v) is 2.43. The number of rotatable bonds is 3. The van der Waals surface area contributed by atoms with Crippen molar-refractivity contribution in [2.45, 2.75) is 19.8 Å². The fourth-order valence-electron chi connectivity index (χ4n) is 1.83. The minimum Gasteiger partial charge on any atom is -0.296 e. The molecule has 1 amide bonds. The van der Waals surface area contributed by atoms with Crippen LogP contribution in [0.5, 0.6) is 0 Å². The number of pyridine rings is 1. The summed E-state index contributed by atoms with van der Waals surface area (Å²) in [6.45, 7) is 5.72. The van der Waals surface area contributed by atoms with E-state index in [2.05, 4.69) is 38.9 Å². The van der Waals surface area contributed by atoms with Gasteiger partial charge in [0, 0.05) is 18.3 Å². The molecular formula is C16H14N4OS. The summed E-state index contributed by atoms with van der Waals surface area (Å²) >= 11 is 1.27. The van der Waals surface area contributed by atoms with Gasteiger partial charge in [0.2, 0.25) is 5.13 Å². The van der Waals surface area contributed by atoms with Crippen LogP contribution in [0, 0.1) is 17.8 Å². The Balaban J connectivity index is 1.75. The maximum Gasteiger partial charge on any atom is 0.259 e. The van der Waals surface area contributed by atoms with Gasteiger partial charge in [-0.2, -0.15) is 0 Å². The number of carbonyl (C=O) groups excluding carboxylic acids is 1. The van der Waals surface area contributed by atoms with E-state index in [1.54, 1.807) is 12.3 Å². The molecule has 1 fully saturated rings. The van der Waals surface area contributed by atoms with Gasteiger partial charge in [0.05, 0.1) is 5.56 Å². The van der Waals surface area contributed by atoms with E-state index in [0.717, 1.165) is 11.1 Å². The summed E-state index contributed by atoms with van der Waals surface area (Å²) in [5.41, 5.74) is 2.04. The average molecular weight is 310 g/mol. The van der Waals surface area contributed by atoms with Crippen LogP contribution in [0.25, 0.3) is 5.57 Å². The third-order valence-corrected chi connectivity index (χ3v) is 3.89. The zero-order valence-electron chi connectivity index (χ0n) is 12.1. The zero-order chi connectivity index (χ0) is 15.5. The van der Waals surface area contributed by atoms with Crippen molar-refractivity contribution < 1.29 is 4.79 Å². The fraction of sp³-hybridized carbons (Fsp3) is 0.250. The van der Waals surface area contributed by atoms with Gasteiger partial charge in [0.25, 0.3) is 5.91 Å². The van der Waals surface area contributed by atoms with Crippen molar-refractivity contribution in [2.24, 2.45) is 5.92 Å². The summed E-state index contributed by atoms with van der Waals surface area (Å²) in [5, 5.41) is 11.7. The van der Waals surface area contributed by atoms with Crippen molar-refractivity contribution in [3.8, 4) is 11.8 Å². The molecule has 22 heavy (non-hydrogen) atoms. The number of nitrogens with zero attached hydrogens (tertiary/aromatic N) is 3. The van der Waals surface area contributed by atoms with E-state index in [4.69, 9.17) is 0 Å². The van der Waals surface area contributed by atoms with E-state index in [-0.39, 0.29) is 5.91 Å². The Morgan fingerprint density at radius 1 is 1.41 bits per heavy atom. The maximum atomic E-state index is 12.3. The number of carbonyl (C=O) groups is 1. The van der Waals surface area contributed by atoms with E-state index in [0.29, 0.717) is 21.6 Å². The Morgan fingerprint density at radius 3 is 2.95 bits per heavy atom. The Bertz CT molecular complexity index is 796. The number of amides is 1. The van der Waals surface area contributed by atoms with E-state index < -0.39 is 0 Å². The first-order valence-corrected chi connectivity index (χ1v) is 7.71. The molecule has 1 saturated carbocycles. The monoisotopic (exact) mass is 310 g/mol. The van der Waals surface area contributed by atoms with Crippen molar-refractivity contribution in [3.63, 3.8) is 0 Å². The lowest BCUT2D eigenvalue weighted by atomic mass is 10.0. The van der Waals surface area contributed by atoms with Crippen molar-refractivity contribution in [3.05, 3.63) is 41.2 Å². The Labute approximate surface area is 132 Å². The van der Waals surface area contributed by atoms with Crippen molar-refractivity contribution in [1.29, 1.82) is 0 Å². The number of nitrogens with one attached hydrogen (secondary N) is 1. The predicted octanol–water partition coefficient (Wildman–Crippen LogP) is 2.98. The molecule has 3 rings (SSSR count). The molecule has 0 bridgehead atoms. The highest BCUT2D eigenvalue weighted by molar-refractivity contribution is 7.15. The standard InChI is InChI=1S/C16H14N4OS/c1-10(2)12-7-8-17-9-13(12)15(21)18-16-20-19-14(22-16)6-5-11-3-4-11/h7-9,11H,1,3-4H2,2H3,(H,18,20,21). The van der Waals surface area contributed by atoms with Gasteiger partial charge in [-0.05, 0) is 37.3 Å². The minimum absolute atomic E-state index is 0.274. The Hall–Kier alpha value is -2.52. The number of hydrogen-bond donors (Lipinski definition) is 1. The highest BCUT2D eigenvalue weighted by atomic mass is 32.1. The number of hydrogen-bond acceptors (Lipinski definition) is 5. The molecule has 1 N–H and O–H groups in total. The number of aromatic nitrogens is 3. The van der Waals surface area contributed by atoms with Gasteiger partial charge in [-0.25, -0.2) is 0 Å². The highest BCUT2D eigenvalue weighted by Gasteiger charge is 2.18. The molecule has 2 aromatic heterocycles. The maximum absolute atomic E-state index is 12.3. The van der Waals surface area contributed by atoms with Gasteiger partial charge in [-0.1, -0.05) is 29.4 Å². The molecule has 110 valence electrons. The molecule has 0 radical (unpaired) electrons. The Kier molecular flexibility index (Phi) is 3.98. The van der Waals surface area contributed by atoms with Crippen LogP contribution in [-0.4, -0.2) is 21.1 Å². The lowest BCUT2D eigenvalue weighted by molar-refractivity contribution is 0.102. The molecule has 1 aliphatic carbocycles. The van der Waals surface area contributed by atoms with Crippen molar-refractivity contribution >= 4 is 27.9 Å². The van der Waals surface area contributed by atoms with Crippen LogP contribution >= 0.6 is 11.3 Å². The predicted molar refractivity (Wildman–Crippen MR) is 86.4 cm³/mol. The summed E-state index contributed by atoms with van der Waals surface area (Å²) in [7, 11) is 0. The van der Waals surface area contributed by atoms with Gasteiger partial charge in [0.15, 0.2) is 5.01 Å². The SMILES string of the molecule is C=C(C)c1ccncc1C(=O)Nc1nnc(C#CC2CC2)s1. The van der Waals surface area contributed by atoms with Crippen molar-refractivity contribution in [2.75, 3.05) is 5.32 Å². The normalized spacial score (nSPS) is 13.1. The summed E-state index contributed by atoms with van der Waals surface area (Å²) in [6, 6.07) is 1.77. The molecule has 5 nitrogen and oxygen atoms in total. The molecule has 0 saturated heterocycles. The third kappa shape index (κ3) is 3.38. The van der Waals surface area contributed by atoms with Crippen LogP contribution in [0.1, 0.15) is 40.7 Å². The van der Waals surface area contributed by atoms with Crippen LogP contribution in [0.15, 0.2) is 25.0 Å². The highest BCUT2D eigenvalue weighted by Crippen LogP contribution is 2.28. The zero-order valence-corrected chi connectivity index (χ0v) is 12.9. The first-order chi connectivity index (χ1) is 10.6. The second kappa shape index (κ2) is 6.08. The number of anilines is 1. The topological polar surface area (TPSA) is 67.8 Å². The molecule has 2 aromatic rings. The second-order valence-corrected chi connectivity index (χ2v) is 6.09. The molecule has 0 spiro atoms. The van der Waals surface area contributed by atoms with Crippen LogP contribution in [0.2, 0.25) is 0 Å². The average Bonchev–Trinajstić information content (AvgIpc) is 3.24. The van der Waals surface area contributed by atoms with E-state index in [1.807, 2.05) is 6.92 Å². The van der Waals surface area contributed by atoms with E-state index >= 15 is 0 Å². The summed E-state index contributed by atoms with van der Waals surface area (Å²) < 4.78 is 0. The first-order valence-electron chi connectivity index (χ1n) is 6.90. The first kappa shape index (κ1) is 14.4. The minimum atomic E-state index is -0.274. The quantitative estimate of drug-likeness (QED) is 0.885. The summed E-state index contributed by atoms with van der Waals surface area (Å²) in [4.78, 5) is 16.3. The second-order valence-electron chi connectivity index (χ2n) is 5.11. The molecule has 2 heterocycles. The molecular weight excluding hydrogens is 296 g/mol. The molecule has 0 unspecified atom stereocenters. The van der Waals surface area contributed by atoms with Gasteiger partial charge in [-0.15, -0.1) is 10.2 Å². The van der Waals surface area contributed by atoms with Crippen LogP contribution in [0.3, 0.4) is 0 Å². The number of allylic oxidation sites excluding steroid dienone is 1. The van der Waals surface area contributed by atoms with Gasteiger partial charge < -0.3 is 0 Å². The smallest absolute Gasteiger partial charge is 0.259 e. The lowest BCUT2D eigenvalue weighted by Gasteiger charge is -2.07. The largest absolute Gasteiger partial charge is 0.296 e.